The van der Waals surface area contributed by atoms with Crippen molar-refractivity contribution in [2.75, 3.05) is 11.4 Å². The number of benzene rings is 1. The molecule has 4 rings (SSSR count). The van der Waals surface area contributed by atoms with Crippen molar-refractivity contribution in [2.24, 2.45) is 0 Å². The Morgan fingerprint density at radius 2 is 1.81 bits per heavy atom. The van der Waals surface area contributed by atoms with E-state index in [1.54, 1.807) is 27.9 Å². The lowest BCUT2D eigenvalue weighted by Gasteiger charge is -2.20. The molecule has 0 bridgehead atoms. The Morgan fingerprint density at radius 1 is 1.16 bits per heavy atom. The van der Waals surface area contributed by atoms with E-state index < -0.39 is 22.9 Å². The molecule has 32 heavy (non-hydrogen) atoms. The summed E-state index contributed by atoms with van der Waals surface area (Å²) in [5.41, 5.74) is 1.15. The van der Waals surface area contributed by atoms with Gasteiger partial charge in [-0.15, -0.1) is 0 Å². The molecule has 1 aromatic carbocycles. The first-order valence-electron chi connectivity index (χ1n) is 9.97. The molecule has 0 radical (unpaired) electrons. The average Bonchev–Trinajstić information content (AvgIpc) is 3.38. The van der Waals surface area contributed by atoms with Crippen molar-refractivity contribution in [1.29, 1.82) is 0 Å². The number of rotatable bonds is 4. The van der Waals surface area contributed by atoms with E-state index in [2.05, 4.69) is 10.2 Å². The van der Waals surface area contributed by atoms with Crippen molar-refractivity contribution < 1.29 is 18.0 Å². The van der Waals surface area contributed by atoms with E-state index in [1.807, 2.05) is 26.0 Å². The summed E-state index contributed by atoms with van der Waals surface area (Å²) in [7, 11) is 0. The molecule has 0 aliphatic carbocycles. The molecule has 1 unspecified atom stereocenters. The first-order valence-corrected chi connectivity index (χ1v) is 10.7. The Bertz CT molecular complexity index is 1170. The fourth-order valence-electron chi connectivity index (χ4n) is 4.00. The molecule has 1 amide bonds. The van der Waals surface area contributed by atoms with Crippen LogP contribution >= 0.6 is 23.2 Å². The van der Waals surface area contributed by atoms with Crippen LogP contribution in [0, 0.1) is 6.92 Å². The number of hydrogen-bond donors (Lipinski definition) is 0. The van der Waals surface area contributed by atoms with Crippen molar-refractivity contribution in [3.05, 3.63) is 57.6 Å². The summed E-state index contributed by atoms with van der Waals surface area (Å²) in [6, 6.07) is 6.28. The van der Waals surface area contributed by atoms with Crippen LogP contribution in [0.2, 0.25) is 10.0 Å². The quantitative estimate of drug-likeness (QED) is 0.468. The van der Waals surface area contributed by atoms with E-state index in [0.717, 1.165) is 16.1 Å². The van der Waals surface area contributed by atoms with E-state index in [-0.39, 0.29) is 17.5 Å². The molecule has 2 aromatic heterocycles. The third-order valence-corrected chi connectivity index (χ3v) is 6.22. The number of hydrogen-bond acceptors (Lipinski definition) is 3. The van der Waals surface area contributed by atoms with Gasteiger partial charge in [-0.1, -0.05) is 37.0 Å². The van der Waals surface area contributed by atoms with E-state index in [9.17, 15) is 18.0 Å². The van der Waals surface area contributed by atoms with Crippen LogP contribution in [0.5, 0.6) is 0 Å². The third kappa shape index (κ3) is 3.77. The molecule has 1 atom stereocenters. The maximum absolute atomic E-state index is 13.3. The first kappa shape index (κ1) is 22.7. The highest BCUT2D eigenvalue weighted by atomic mass is 35.5. The van der Waals surface area contributed by atoms with Crippen LogP contribution in [0.25, 0.3) is 5.69 Å². The van der Waals surface area contributed by atoms with Crippen LogP contribution in [0.1, 0.15) is 49.3 Å². The number of halogens is 5. The van der Waals surface area contributed by atoms with Crippen molar-refractivity contribution >= 4 is 34.8 Å². The summed E-state index contributed by atoms with van der Waals surface area (Å²) >= 11 is 11.9. The molecule has 0 N–H and O–H groups in total. The Morgan fingerprint density at radius 3 is 2.38 bits per heavy atom. The van der Waals surface area contributed by atoms with Gasteiger partial charge in [-0.05, 0) is 43.5 Å². The molecule has 1 aliphatic rings. The molecule has 11 heteroatoms. The average molecular weight is 486 g/mol. The monoisotopic (exact) mass is 485 g/mol. The number of anilines is 1. The van der Waals surface area contributed by atoms with Crippen LogP contribution in [0.3, 0.4) is 0 Å². The van der Waals surface area contributed by atoms with Gasteiger partial charge in [0, 0.05) is 11.6 Å². The lowest BCUT2D eigenvalue weighted by Crippen LogP contribution is -2.30. The number of carbonyl (C=O) groups is 1. The summed E-state index contributed by atoms with van der Waals surface area (Å²) < 4.78 is 42.5. The van der Waals surface area contributed by atoms with Gasteiger partial charge >= 0.3 is 6.18 Å². The predicted octanol–water partition coefficient (Wildman–Crippen LogP) is 5.80. The highest BCUT2D eigenvalue weighted by Gasteiger charge is 2.42. The molecule has 0 saturated carbocycles. The van der Waals surface area contributed by atoms with Crippen LogP contribution in [-0.4, -0.2) is 32.0 Å². The standard InChI is InChI=1S/C21H20Cl2F3N5O/c1-11(2)18-16(10-27-31(18)14-6-4-13(22)5-7-14)29-9-8-15(20(29)32)30-12(3)17(23)19(28-30)21(24,25)26/h4-7,10-11,15H,8-9H2,1-3H3. The van der Waals surface area contributed by atoms with Gasteiger partial charge < -0.3 is 4.90 Å². The summed E-state index contributed by atoms with van der Waals surface area (Å²) in [4.78, 5) is 14.8. The van der Waals surface area contributed by atoms with E-state index in [4.69, 9.17) is 23.2 Å². The van der Waals surface area contributed by atoms with Gasteiger partial charge in [-0.3, -0.25) is 9.48 Å². The summed E-state index contributed by atoms with van der Waals surface area (Å²) in [6.45, 7) is 5.72. The highest BCUT2D eigenvalue weighted by molar-refractivity contribution is 6.32. The maximum Gasteiger partial charge on any atom is 0.436 e. The molecule has 3 heterocycles. The predicted molar refractivity (Wildman–Crippen MR) is 116 cm³/mol. The third-order valence-electron chi connectivity index (χ3n) is 5.51. The summed E-state index contributed by atoms with van der Waals surface area (Å²) in [6.07, 6.45) is -2.79. The summed E-state index contributed by atoms with van der Waals surface area (Å²) in [5.74, 6) is -0.328. The molecule has 170 valence electrons. The fraction of sp³-hybridized carbons (Fsp3) is 0.381. The molecule has 3 aromatic rings. The second-order valence-corrected chi connectivity index (χ2v) is 8.76. The van der Waals surface area contributed by atoms with Crippen molar-refractivity contribution in [3.63, 3.8) is 0 Å². The fourth-order valence-corrected chi connectivity index (χ4v) is 4.36. The van der Waals surface area contributed by atoms with Gasteiger partial charge in [0.15, 0.2) is 5.69 Å². The smallest absolute Gasteiger partial charge is 0.307 e. The molecule has 1 saturated heterocycles. The van der Waals surface area contributed by atoms with Crippen LogP contribution in [-0.2, 0) is 11.0 Å². The van der Waals surface area contributed by atoms with Crippen LogP contribution < -0.4 is 4.90 Å². The Labute approximate surface area is 192 Å². The van der Waals surface area contributed by atoms with Crippen LogP contribution in [0.4, 0.5) is 18.9 Å². The first-order chi connectivity index (χ1) is 15.0. The van der Waals surface area contributed by atoms with Gasteiger partial charge in [0.1, 0.15) is 6.04 Å². The zero-order chi connectivity index (χ0) is 23.4. The highest BCUT2D eigenvalue weighted by Crippen LogP contribution is 2.39. The Hall–Kier alpha value is -2.52. The lowest BCUT2D eigenvalue weighted by molar-refractivity contribution is -0.141. The minimum absolute atomic E-state index is 0.0211. The maximum atomic E-state index is 13.3. The largest absolute Gasteiger partial charge is 0.436 e. The van der Waals surface area contributed by atoms with E-state index in [1.165, 1.54) is 6.92 Å². The number of alkyl halides is 3. The topological polar surface area (TPSA) is 56.0 Å². The summed E-state index contributed by atoms with van der Waals surface area (Å²) in [5, 5.41) is 8.22. The number of carbonyl (C=O) groups excluding carboxylic acids is 1. The zero-order valence-electron chi connectivity index (χ0n) is 17.5. The molecular weight excluding hydrogens is 466 g/mol. The van der Waals surface area contributed by atoms with Crippen LogP contribution in [0.15, 0.2) is 30.5 Å². The lowest BCUT2D eigenvalue weighted by atomic mass is 10.1. The van der Waals surface area contributed by atoms with Crippen molar-refractivity contribution in [2.45, 2.75) is 45.3 Å². The van der Waals surface area contributed by atoms with Gasteiger partial charge in [-0.2, -0.15) is 23.4 Å². The number of aromatic nitrogens is 4. The molecular formula is C21H20Cl2F3N5O. The minimum atomic E-state index is -4.70. The molecule has 0 spiro atoms. The Balaban J connectivity index is 1.70. The molecule has 6 nitrogen and oxygen atoms in total. The second-order valence-electron chi connectivity index (χ2n) is 7.94. The molecule has 1 aliphatic heterocycles. The van der Waals surface area contributed by atoms with Gasteiger partial charge in [-0.25, -0.2) is 4.68 Å². The van der Waals surface area contributed by atoms with E-state index >= 15 is 0 Å². The minimum Gasteiger partial charge on any atom is -0.307 e. The number of amides is 1. The molecule has 1 fully saturated rings. The SMILES string of the molecule is Cc1c(Cl)c(C(F)(F)F)nn1C1CCN(c2cnn(-c3ccc(Cl)cc3)c2C(C)C)C1=O. The van der Waals surface area contributed by atoms with Gasteiger partial charge in [0.25, 0.3) is 5.91 Å². The normalized spacial score (nSPS) is 17.1. The van der Waals surface area contributed by atoms with Crippen molar-refractivity contribution in [3.8, 4) is 5.69 Å². The zero-order valence-corrected chi connectivity index (χ0v) is 19.0. The van der Waals surface area contributed by atoms with Crippen molar-refractivity contribution in [1.82, 2.24) is 19.6 Å². The van der Waals surface area contributed by atoms with E-state index in [0.29, 0.717) is 23.7 Å². The second kappa shape index (κ2) is 8.12. The van der Waals surface area contributed by atoms with Gasteiger partial charge in [0.2, 0.25) is 0 Å². The number of nitrogens with zero attached hydrogens (tertiary/aromatic N) is 5. The van der Waals surface area contributed by atoms with Gasteiger partial charge in [0.05, 0.1) is 34.0 Å². The Kier molecular flexibility index (Phi) is 5.75.